The molecule has 0 saturated carbocycles. The minimum Gasteiger partial charge on any atom is -0.481 e. The predicted octanol–water partition coefficient (Wildman–Crippen LogP) is -2.23. The summed E-state index contributed by atoms with van der Waals surface area (Å²) in [6.07, 6.45) is 0.203. The molecule has 0 aliphatic rings. The first kappa shape index (κ1) is 31.7. The molecule has 0 aliphatic heterocycles. The number of carbonyl (C=O) groups excluding carboxylic acids is 4. The lowest BCUT2D eigenvalue weighted by molar-refractivity contribution is -0.144. The van der Waals surface area contributed by atoms with Gasteiger partial charge in [-0.3, -0.25) is 24.0 Å². The van der Waals surface area contributed by atoms with E-state index in [0.717, 1.165) is 0 Å². The number of hydrogen-bond donors (Lipinski definition) is 8. The van der Waals surface area contributed by atoms with Crippen molar-refractivity contribution in [3.8, 4) is 0 Å². The minimum atomic E-state index is -1.36. The predicted molar refractivity (Wildman–Crippen MR) is 124 cm³/mol. The highest BCUT2D eigenvalue weighted by molar-refractivity contribution is 5.94. The Morgan fingerprint density at radius 1 is 0.771 bits per heavy atom. The third-order valence-electron chi connectivity index (χ3n) is 5.13. The largest absolute Gasteiger partial charge is 0.481 e. The summed E-state index contributed by atoms with van der Waals surface area (Å²) in [5.41, 5.74) is 16.3. The van der Waals surface area contributed by atoms with Crippen LogP contribution in [0.15, 0.2) is 0 Å². The van der Waals surface area contributed by atoms with Gasteiger partial charge in [-0.15, -0.1) is 0 Å². The Morgan fingerprint density at radius 3 is 1.80 bits per heavy atom. The number of aliphatic carboxylic acids is 2. The van der Waals surface area contributed by atoms with Gasteiger partial charge in [-0.2, -0.15) is 0 Å². The van der Waals surface area contributed by atoms with Gasteiger partial charge in [-0.05, 0) is 44.6 Å². The first-order chi connectivity index (χ1) is 16.3. The van der Waals surface area contributed by atoms with Crippen LogP contribution in [0.2, 0.25) is 0 Å². The molecule has 0 aromatic carbocycles. The van der Waals surface area contributed by atoms with E-state index in [1.807, 2.05) is 0 Å². The summed E-state index contributed by atoms with van der Waals surface area (Å²) in [4.78, 5) is 71.5. The number of carboxylic acids is 2. The molecule has 4 atom stereocenters. The van der Waals surface area contributed by atoms with Gasteiger partial charge in [0.2, 0.25) is 23.6 Å². The molecule has 0 aromatic rings. The van der Waals surface area contributed by atoms with E-state index in [1.54, 1.807) is 13.8 Å². The average molecular weight is 503 g/mol. The van der Waals surface area contributed by atoms with Gasteiger partial charge in [0.05, 0.1) is 6.04 Å². The van der Waals surface area contributed by atoms with Crippen LogP contribution in [-0.4, -0.2) is 76.5 Å². The molecule has 0 aliphatic carbocycles. The maximum absolute atomic E-state index is 13.0. The maximum atomic E-state index is 13.0. The van der Waals surface area contributed by atoms with Gasteiger partial charge in [-0.1, -0.05) is 13.8 Å². The van der Waals surface area contributed by atoms with E-state index in [9.17, 15) is 33.9 Å². The van der Waals surface area contributed by atoms with E-state index < -0.39 is 72.1 Å². The Hall–Kier alpha value is -3.26. The van der Waals surface area contributed by atoms with E-state index in [-0.39, 0.29) is 25.7 Å². The number of primary amides is 1. The monoisotopic (exact) mass is 502 g/mol. The summed E-state index contributed by atoms with van der Waals surface area (Å²) in [7, 11) is 0. The number of carbonyl (C=O) groups is 6. The van der Waals surface area contributed by atoms with Gasteiger partial charge in [0.15, 0.2) is 0 Å². The van der Waals surface area contributed by atoms with Gasteiger partial charge >= 0.3 is 11.9 Å². The van der Waals surface area contributed by atoms with Crippen LogP contribution < -0.4 is 33.2 Å². The lowest BCUT2D eigenvalue weighted by Gasteiger charge is -2.26. The number of carboxylic acid groups (broad SMARTS) is 2. The fourth-order valence-corrected chi connectivity index (χ4v) is 3.05. The first-order valence-electron chi connectivity index (χ1n) is 11.4. The lowest BCUT2D eigenvalue weighted by atomic mass is 10.0. The number of amides is 4. The van der Waals surface area contributed by atoms with Crippen LogP contribution in [0.1, 0.15) is 58.8 Å². The number of hydrogen-bond acceptors (Lipinski definition) is 8. The zero-order chi connectivity index (χ0) is 27.1. The number of nitrogens with two attached hydrogens (primary N) is 3. The maximum Gasteiger partial charge on any atom is 0.326 e. The summed E-state index contributed by atoms with van der Waals surface area (Å²) < 4.78 is 0. The Bertz CT molecular complexity index is 760. The molecule has 0 radical (unpaired) electrons. The highest BCUT2D eigenvalue weighted by Crippen LogP contribution is 2.08. The zero-order valence-electron chi connectivity index (χ0n) is 20.1. The molecule has 200 valence electrons. The minimum absolute atomic E-state index is 0.0340. The zero-order valence-corrected chi connectivity index (χ0v) is 20.1. The van der Waals surface area contributed by atoms with Crippen molar-refractivity contribution in [2.75, 3.05) is 6.54 Å². The van der Waals surface area contributed by atoms with Crippen molar-refractivity contribution in [3.63, 3.8) is 0 Å². The van der Waals surface area contributed by atoms with Crippen LogP contribution in [0.4, 0.5) is 0 Å². The van der Waals surface area contributed by atoms with Crippen molar-refractivity contribution >= 4 is 35.6 Å². The second-order valence-electron chi connectivity index (χ2n) is 8.52. The molecule has 35 heavy (non-hydrogen) atoms. The van der Waals surface area contributed by atoms with Gasteiger partial charge in [0.1, 0.15) is 18.1 Å². The molecule has 0 rings (SSSR count). The Balaban J connectivity index is 5.55. The van der Waals surface area contributed by atoms with Gasteiger partial charge in [0, 0.05) is 12.8 Å². The van der Waals surface area contributed by atoms with Crippen molar-refractivity contribution in [2.24, 2.45) is 23.1 Å². The van der Waals surface area contributed by atoms with Crippen molar-refractivity contribution in [1.82, 2.24) is 16.0 Å². The van der Waals surface area contributed by atoms with Crippen LogP contribution in [0, 0.1) is 5.92 Å². The van der Waals surface area contributed by atoms with Crippen LogP contribution in [0.5, 0.6) is 0 Å². The fraction of sp³-hybridized carbons (Fsp3) is 0.714. The molecule has 0 spiro atoms. The summed E-state index contributed by atoms with van der Waals surface area (Å²) in [5, 5.41) is 25.5. The van der Waals surface area contributed by atoms with Crippen LogP contribution in [-0.2, 0) is 28.8 Å². The average Bonchev–Trinajstić information content (AvgIpc) is 2.76. The van der Waals surface area contributed by atoms with E-state index in [2.05, 4.69) is 16.0 Å². The van der Waals surface area contributed by atoms with Gasteiger partial charge < -0.3 is 43.4 Å². The topological polar surface area (TPSA) is 257 Å². The van der Waals surface area contributed by atoms with Crippen molar-refractivity contribution in [1.29, 1.82) is 0 Å². The molecular formula is C21H38N6O8. The third kappa shape index (κ3) is 13.3. The third-order valence-corrected chi connectivity index (χ3v) is 5.13. The van der Waals surface area contributed by atoms with Crippen molar-refractivity contribution in [3.05, 3.63) is 0 Å². The van der Waals surface area contributed by atoms with Crippen LogP contribution >= 0.6 is 0 Å². The van der Waals surface area contributed by atoms with E-state index in [0.29, 0.717) is 19.4 Å². The quantitative estimate of drug-likeness (QED) is 0.0935. The summed E-state index contributed by atoms with van der Waals surface area (Å²) in [6, 6.07) is -4.86. The lowest BCUT2D eigenvalue weighted by Crippen LogP contribution is -2.57. The summed E-state index contributed by atoms with van der Waals surface area (Å²) in [5.74, 6) is -5.98. The van der Waals surface area contributed by atoms with Gasteiger partial charge in [0.25, 0.3) is 0 Å². The smallest absolute Gasteiger partial charge is 0.326 e. The summed E-state index contributed by atoms with van der Waals surface area (Å²) in [6.45, 7) is 3.50. The van der Waals surface area contributed by atoms with E-state index in [4.69, 9.17) is 22.3 Å². The van der Waals surface area contributed by atoms with E-state index in [1.165, 1.54) is 0 Å². The normalized spacial score (nSPS) is 14.3. The molecule has 0 saturated heterocycles. The highest BCUT2D eigenvalue weighted by Gasteiger charge is 2.31. The molecule has 0 aromatic heterocycles. The second-order valence-corrected chi connectivity index (χ2v) is 8.52. The number of unbranched alkanes of at least 4 members (excludes halogenated alkanes) is 1. The molecule has 14 nitrogen and oxygen atoms in total. The fourth-order valence-electron chi connectivity index (χ4n) is 3.05. The van der Waals surface area contributed by atoms with E-state index >= 15 is 0 Å². The number of nitrogens with one attached hydrogen (secondary N) is 3. The Kier molecular flexibility index (Phi) is 14.9. The SMILES string of the molecule is CC(C)C(NC(=O)C(CCC(=O)O)NC(=O)C(CCCCN)NC(=O)C(N)CCC(N)=O)C(=O)O. The second kappa shape index (κ2) is 16.4. The highest BCUT2D eigenvalue weighted by atomic mass is 16.4. The van der Waals surface area contributed by atoms with Gasteiger partial charge in [-0.25, -0.2) is 4.79 Å². The molecule has 14 heteroatoms. The van der Waals surface area contributed by atoms with Crippen LogP contribution in [0.3, 0.4) is 0 Å². The molecular weight excluding hydrogens is 464 g/mol. The Morgan fingerprint density at radius 2 is 1.31 bits per heavy atom. The molecule has 0 bridgehead atoms. The molecule has 0 heterocycles. The first-order valence-corrected chi connectivity index (χ1v) is 11.4. The van der Waals surface area contributed by atoms with Crippen molar-refractivity contribution < 1.29 is 39.0 Å². The molecule has 0 fully saturated rings. The molecule has 11 N–H and O–H groups in total. The number of rotatable bonds is 18. The molecule has 4 unspecified atom stereocenters. The van der Waals surface area contributed by atoms with Crippen LogP contribution in [0.25, 0.3) is 0 Å². The Labute approximate surface area is 203 Å². The summed E-state index contributed by atoms with van der Waals surface area (Å²) >= 11 is 0. The van der Waals surface area contributed by atoms with Crippen molar-refractivity contribution in [2.45, 2.75) is 83.0 Å². The molecule has 4 amide bonds. The standard InChI is InChI=1S/C21H38N6O8/c1-11(2)17(21(34)35)27-20(33)14(7-9-16(29)30)26-19(32)13(5-3-4-10-22)25-18(31)12(23)6-8-15(24)28/h11-14,17H,3-10,22-23H2,1-2H3,(H2,24,28)(H,25,31)(H,26,32)(H,27,33)(H,29,30)(H,34,35).